The maximum Gasteiger partial charge on any atom is 1.00 e. The van der Waals surface area contributed by atoms with Gasteiger partial charge in [-0.15, -0.1) is 11.3 Å². The Morgan fingerprint density at radius 3 is 2.62 bits per heavy atom. The van der Waals surface area contributed by atoms with E-state index in [9.17, 15) is 12.9 Å². The molecular weight excluding hydrogens is 261 g/mol. The minimum Gasteiger partial charge on any atom is -0.445 e. The predicted octanol–water partition coefficient (Wildman–Crippen LogP) is 0.123. The van der Waals surface area contributed by atoms with Crippen LogP contribution in [0.25, 0.3) is 6.08 Å². The Morgan fingerprint density at radius 2 is 2.12 bits per heavy atom. The van der Waals surface area contributed by atoms with Crippen LogP contribution >= 0.6 is 11.3 Å². The van der Waals surface area contributed by atoms with Crippen molar-refractivity contribution in [3.05, 3.63) is 22.4 Å². The zero-order chi connectivity index (χ0) is 11.3. The van der Waals surface area contributed by atoms with Gasteiger partial charge in [-0.1, -0.05) is 17.6 Å². The van der Waals surface area contributed by atoms with E-state index in [0.29, 0.717) is 17.7 Å². The molecule has 0 unspecified atom stereocenters. The average molecular weight is 269 g/mol. The quantitative estimate of drug-likeness (QED) is 0.563. The van der Waals surface area contributed by atoms with E-state index in [1.807, 2.05) is 6.07 Å². The molecule has 0 aliphatic rings. The third-order valence-electron chi connectivity index (χ3n) is 1.72. The van der Waals surface area contributed by atoms with Crippen LogP contribution in [0, 0.1) is 11.3 Å². The van der Waals surface area contributed by atoms with E-state index in [0.717, 1.165) is 22.8 Å². The maximum absolute atomic E-state index is 12.2. The monoisotopic (exact) mass is 269 g/mol. The van der Waals surface area contributed by atoms with Gasteiger partial charge in [-0.25, -0.2) is 0 Å². The summed E-state index contributed by atoms with van der Waals surface area (Å²) in [6.07, 6.45) is 4.29. The first-order valence-corrected chi connectivity index (χ1v) is 5.24. The van der Waals surface area contributed by atoms with Crippen LogP contribution in [0.3, 0.4) is 0 Å². The first-order chi connectivity index (χ1) is 7.04. The van der Waals surface area contributed by atoms with Crippen molar-refractivity contribution < 1.29 is 64.3 Å². The van der Waals surface area contributed by atoms with Crippen LogP contribution < -0.4 is 56.8 Å². The SMILES string of the molecule is N#CCC/C=C\c1cc([B-](F)(F)F)cs1.[K+]. The predicted molar refractivity (Wildman–Crippen MR) is 56.9 cm³/mol. The Balaban J connectivity index is 0.00000225. The molecule has 0 saturated heterocycles. The van der Waals surface area contributed by atoms with Crippen molar-refractivity contribution in [1.29, 1.82) is 5.26 Å². The normalized spacial score (nSPS) is 11.1. The molecular formula is C9H8BF3KNS. The topological polar surface area (TPSA) is 23.8 Å². The van der Waals surface area contributed by atoms with E-state index in [2.05, 4.69) is 0 Å². The van der Waals surface area contributed by atoms with Crippen LogP contribution in [-0.4, -0.2) is 6.98 Å². The van der Waals surface area contributed by atoms with E-state index in [-0.39, 0.29) is 51.4 Å². The van der Waals surface area contributed by atoms with Crippen LogP contribution in [0.5, 0.6) is 0 Å². The Bertz CT molecular complexity index is 394. The van der Waals surface area contributed by atoms with Gasteiger partial charge in [0.05, 0.1) is 6.07 Å². The molecule has 0 fully saturated rings. The van der Waals surface area contributed by atoms with E-state index in [1.165, 1.54) is 0 Å². The van der Waals surface area contributed by atoms with E-state index in [1.54, 1.807) is 12.2 Å². The summed E-state index contributed by atoms with van der Waals surface area (Å²) < 4.78 is 36.7. The molecule has 0 spiro atoms. The molecule has 1 heterocycles. The molecule has 0 radical (unpaired) electrons. The number of halogens is 3. The molecule has 0 bridgehead atoms. The van der Waals surface area contributed by atoms with Gasteiger partial charge >= 0.3 is 58.4 Å². The molecule has 0 amide bonds. The molecule has 0 atom stereocenters. The van der Waals surface area contributed by atoms with Gasteiger partial charge in [-0.3, -0.25) is 0 Å². The number of allylic oxidation sites excluding steroid dienone is 1. The molecule has 0 N–H and O–H groups in total. The molecule has 0 aromatic carbocycles. The van der Waals surface area contributed by atoms with Crippen molar-refractivity contribution in [3.8, 4) is 6.07 Å². The Labute approximate surface area is 139 Å². The average Bonchev–Trinajstić information content (AvgIpc) is 2.60. The molecule has 80 valence electrons. The fraction of sp³-hybridized carbons (Fsp3) is 0.222. The fourth-order valence-corrected chi connectivity index (χ4v) is 1.85. The van der Waals surface area contributed by atoms with Gasteiger partial charge in [0.1, 0.15) is 0 Å². The Morgan fingerprint density at radius 1 is 1.44 bits per heavy atom. The third-order valence-corrected chi connectivity index (χ3v) is 2.64. The first kappa shape index (κ1) is 16.4. The summed E-state index contributed by atoms with van der Waals surface area (Å²) in [6, 6.07) is 3.09. The van der Waals surface area contributed by atoms with Crippen molar-refractivity contribution in [2.45, 2.75) is 12.8 Å². The third kappa shape index (κ3) is 5.66. The van der Waals surface area contributed by atoms with Crippen LogP contribution in [-0.2, 0) is 0 Å². The van der Waals surface area contributed by atoms with Crippen molar-refractivity contribution in [3.63, 3.8) is 0 Å². The number of nitrogens with zero attached hydrogens (tertiary/aromatic N) is 1. The minimum absolute atomic E-state index is 0. The zero-order valence-electron chi connectivity index (χ0n) is 8.79. The zero-order valence-corrected chi connectivity index (χ0v) is 12.7. The van der Waals surface area contributed by atoms with E-state index in [4.69, 9.17) is 5.26 Å². The molecule has 0 aliphatic heterocycles. The van der Waals surface area contributed by atoms with E-state index >= 15 is 0 Å². The van der Waals surface area contributed by atoms with Crippen LogP contribution in [0.2, 0.25) is 0 Å². The molecule has 0 aliphatic carbocycles. The second-order valence-electron chi connectivity index (χ2n) is 2.96. The van der Waals surface area contributed by atoms with Gasteiger partial charge in [0.15, 0.2) is 0 Å². The minimum atomic E-state index is -4.89. The molecule has 1 aromatic heterocycles. The smallest absolute Gasteiger partial charge is 0.445 e. The Kier molecular flexibility index (Phi) is 7.89. The van der Waals surface area contributed by atoms with Gasteiger partial charge in [0.2, 0.25) is 0 Å². The number of nitriles is 1. The van der Waals surface area contributed by atoms with Crippen molar-refractivity contribution >= 4 is 29.9 Å². The summed E-state index contributed by atoms with van der Waals surface area (Å²) in [5.74, 6) is 0. The first-order valence-electron chi connectivity index (χ1n) is 4.36. The molecule has 16 heavy (non-hydrogen) atoms. The van der Waals surface area contributed by atoms with Crippen molar-refractivity contribution in [1.82, 2.24) is 0 Å². The molecule has 1 aromatic rings. The van der Waals surface area contributed by atoms with E-state index < -0.39 is 12.4 Å². The standard InChI is InChI=1S/C9H8BF3NS.K/c11-10(12,13)8-6-9(15-7-8)4-2-1-3-5-14;/h2,4,6-7H,1,3H2;/q-1;+1/b4-2-;. The summed E-state index contributed by atoms with van der Waals surface area (Å²) in [5.41, 5.74) is -0.556. The number of unbranched alkanes of at least 4 members (excludes halogenated alkanes) is 1. The number of rotatable bonds is 4. The van der Waals surface area contributed by atoms with Crippen LogP contribution in [0.1, 0.15) is 17.7 Å². The maximum atomic E-state index is 12.2. The second-order valence-corrected chi connectivity index (χ2v) is 3.90. The molecule has 1 rings (SSSR count). The molecule has 0 saturated carbocycles. The summed E-state index contributed by atoms with van der Waals surface area (Å²) in [4.78, 5) is 0.571. The van der Waals surface area contributed by atoms with Gasteiger partial charge in [-0.2, -0.15) is 5.26 Å². The summed E-state index contributed by atoms with van der Waals surface area (Å²) >= 11 is 1.06. The number of hydrogen-bond donors (Lipinski definition) is 0. The van der Waals surface area contributed by atoms with Gasteiger partial charge in [0.25, 0.3) is 0 Å². The van der Waals surface area contributed by atoms with Gasteiger partial charge < -0.3 is 12.9 Å². The largest absolute Gasteiger partial charge is 1.00 e. The van der Waals surface area contributed by atoms with Crippen LogP contribution in [0.4, 0.5) is 12.9 Å². The van der Waals surface area contributed by atoms with Crippen LogP contribution in [0.15, 0.2) is 17.5 Å². The molecule has 7 heteroatoms. The van der Waals surface area contributed by atoms with Crippen molar-refractivity contribution in [2.75, 3.05) is 0 Å². The molecule has 1 nitrogen and oxygen atoms in total. The number of thiophene rings is 1. The second kappa shape index (κ2) is 7.69. The number of hydrogen-bond acceptors (Lipinski definition) is 2. The van der Waals surface area contributed by atoms with Gasteiger partial charge in [0, 0.05) is 11.3 Å². The Hall–Kier alpha value is 0.421. The summed E-state index contributed by atoms with van der Waals surface area (Å²) in [7, 11) is 0. The fourth-order valence-electron chi connectivity index (χ4n) is 0.975. The van der Waals surface area contributed by atoms with Gasteiger partial charge in [-0.05, 0) is 17.9 Å². The van der Waals surface area contributed by atoms with Crippen molar-refractivity contribution in [2.24, 2.45) is 0 Å². The summed E-state index contributed by atoms with van der Waals surface area (Å²) in [6.45, 7) is -4.89. The summed E-state index contributed by atoms with van der Waals surface area (Å²) in [5, 5.41) is 9.36.